The van der Waals surface area contributed by atoms with E-state index in [4.69, 9.17) is 0 Å². The predicted molar refractivity (Wildman–Crippen MR) is 127 cm³/mol. The molecule has 1 aliphatic heterocycles. The maximum absolute atomic E-state index is 12.0. The first kappa shape index (κ1) is 24.7. The van der Waals surface area contributed by atoms with Crippen LogP contribution >= 0.6 is 24.0 Å². The molecule has 1 aromatic carbocycles. The number of likely N-dealkylation sites (tertiary alicyclic amines) is 1. The lowest BCUT2D eigenvalue weighted by Gasteiger charge is -2.41. The van der Waals surface area contributed by atoms with Crippen LogP contribution in [0.4, 0.5) is 0 Å². The van der Waals surface area contributed by atoms with Crippen molar-refractivity contribution in [3.63, 3.8) is 0 Å². The first-order valence-corrected chi connectivity index (χ1v) is 10.0. The maximum atomic E-state index is 12.0. The number of carbonyl (C=O) groups is 1. The second-order valence-electron chi connectivity index (χ2n) is 7.73. The van der Waals surface area contributed by atoms with E-state index in [0.29, 0.717) is 19.5 Å². The zero-order chi connectivity index (χ0) is 19.5. The Balaban J connectivity index is 0.00000392. The van der Waals surface area contributed by atoms with Crippen LogP contribution in [0, 0.1) is 0 Å². The molecule has 1 aromatic rings. The van der Waals surface area contributed by atoms with E-state index in [9.17, 15) is 4.79 Å². The Morgan fingerprint density at radius 1 is 1.07 bits per heavy atom. The molecule has 0 radical (unpaired) electrons. The van der Waals surface area contributed by atoms with Crippen LogP contribution < -0.4 is 16.0 Å². The average Bonchev–Trinajstić information content (AvgIpc) is 2.70. The van der Waals surface area contributed by atoms with Gasteiger partial charge in [0.25, 0.3) is 0 Å². The number of halogens is 1. The molecule has 0 unspecified atom stereocenters. The van der Waals surface area contributed by atoms with Crippen molar-refractivity contribution in [3.8, 4) is 0 Å². The fourth-order valence-electron chi connectivity index (χ4n) is 3.31. The monoisotopic (exact) mass is 501 g/mol. The number of piperidine rings is 1. The lowest BCUT2D eigenvalue weighted by Crippen LogP contribution is -2.55. The molecule has 0 aliphatic carbocycles. The Morgan fingerprint density at radius 2 is 1.75 bits per heavy atom. The lowest BCUT2D eigenvalue weighted by atomic mass is 9.98. The SMILES string of the molecule is CN=C(NCCC(=O)NCc1ccccc1)NCC(C)(C)N1CCCCC1.I. The molecule has 2 rings (SSSR count). The first-order chi connectivity index (χ1) is 13.0. The van der Waals surface area contributed by atoms with Crippen molar-refractivity contribution < 1.29 is 4.79 Å². The minimum atomic E-state index is 0. The second-order valence-corrected chi connectivity index (χ2v) is 7.73. The van der Waals surface area contributed by atoms with E-state index in [-0.39, 0.29) is 35.4 Å². The number of rotatable bonds is 8. The summed E-state index contributed by atoms with van der Waals surface area (Å²) < 4.78 is 0. The fraction of sp³-hybridized carbons (Fsp3) is 0.619. The van der Waals surface area contributed by atoms with Gasteiger partial charge < -0.3 is 16.0 Å². The Bertz CT molecular complexity index is 600. The summed E-state index contributed by atoms with van der Waals surface area (Å²) in [5.41, 5.74) is 1.20. The Morgan fingerprint density at radius 3 is 2.39 bits per heavy atom. The topological polar surface area (TPSA) is 68.8 Å². The van der Waals surface area contributed by atoms with Crippen LogP contribution in [-0.2, 0) is 11.3 Å². The van der Waals surface area contributed by atoms with E-state index >= 15 is 0 Å². The van der Waals surface area contributed by atoms with Crippen LogP contribution in [0.1, 0.15) is 45.1 Å². The maximum Gasteiger partial charge on any atom is 0.222 e. The third kappa shape index (κ3) is 8.77. The molecule has 7 heteroatoms. The first-order valence-electron chi connectivity index (χ1n) is 10.0. The van der Waals surface area contributed by atoms with Gasteiger partial charge in [-0.1, -0.05) is 36.8 Å². The highest BCUT2D eigenvalue weighted by atomic mass is 127. The summed E-state index contributed by atoms with van der Waals surface area (Å²) in [6.45, 7) is 8.84. The van der Waals surface area contributed by atoms with Gasteiger partial charge in [-0.2, -0.15) is 0 Å². The van der Waals surface area contributed by atoms with Crippen LogP contribution in [-0.4, -0.2) is 55.5 Å². The molecule has 158 valence electrons. The molecular formula is C21H36IN5O. The Kier molecular flexibility index (Phi) is 11.4. The van der Waals surface area contributed by atoms with Gasteiger partial charge in [0.1, 0.15) is 0 Å². The molecule has 1 fully saturated rings. The summed E-state index contributed by atoms with van der Waals surface area (Å²) in [6, 6.07) is 9.94. The summed E-state index contributed by atoms with van der Waals surface area (Å²) in [5, 5.41) is 9.58. The molecule has 1 heterocycles. The normalized spacial score (nSPS) is 15.5. The van der Waals surface area contributed by atoms with E-state index in [1.165, 1.54) is 32.4 Å². The third-order valence-electron chi connectivity index (χ3n) is 5.10. The van der Waals surface area contributed by atoms with Crippen LogP contribution in [0.2, 0.25) is 0 Å². The minimum absolute atomic E-state index is 0. The largest absolute Gasteiger partial charge is 0.356 e. The smallest absolute Gasteiger partial charge is 0.222 e. The van der Waals surface area contributed by atoms with Gasteiger partial charge in [-0.05, 0) is 45.3 Å². The molecule has 28 heavy (non-hydrogen) atoms. The van der Waals surface area contributed by atoms with Crippen molar-refractivity contribution in [2.45, 2.75) is 51.6 Å². The molecule has 1 amide bonds. The number of nitrogens with zero attached hydrogens (tertiary/aromatic N) is 2. The quantitative estimate of drug-likeness (QED) is 0.291. The van der Waals surface area contributed by atoms with E-state index in [2.05, 4.69) is 39.7 Å². The molecule has 0 bridgehead atoms. The van der Waals surface area contributed by atoms with Crippen molar-refractivity contribution >= 4 is 35.8 Å². The van der Waals surface area contributed by atoms with Crippen molar-refractivity contribution in [2.75, 3.05) is 33.2 Å². The molecule has 6 nitrogen and oxygen atoms in total. The summed E-state index contributed by atoms with van der Waals surface area (Å²) in [4.78, 5) is 18.8. The average molecular weight is 501 g/mol. The van der Waals surface area contributed by atoms with Crippen molar-refractivity contribution in [1.29, 1.82) is 0 Å². The van der Waals surface area contributed by atoms with Crippen molar-refractivity contribution in [3.05, 3.63) is 35.9 Å². The fourth-order valence-corrected chi connectivity index (χ4v) is 3.31. The lowest BCUT2D eigenvalue weighted by molar-refractivity contribution is -0.121. The van der Waals surface area contributed by atoms with Gasteiger partial charge in [-0.3, -0.25) is 14.7 Å². The number of aliphatic imine (C=N–C) groups is 1. The standard InChI is InChI=1S/C21H35N5O.HI/c1-21(2,26-14-8-5-9-15-26)17-25-20(22-3)23-13-12-19(27)24-16-18-10-6-4-7-11-18;/h4,6-7,10-11H,5,8-9,12-17H2,1-3H3,(H,24,27)(H2,22,23,25);1H. The van der Waals surface area contributed by atoms with Crippen LogP contribution in [0.25, 0.3) is 0 Å². The number of hydrogen-bond donors (Lipinski definition) is 3. The summed E-state index contributed by atoms with van der Waals surface area (Å²) in [7, 11) is 1.76. The van der Waals surface area contributed by atoms with Gasteiger partial charge in [-0.15, -0.1) is 24.0 Å². The second kappa shape index (κ2) is 13.0. The third-order valence-corrected chi connectivity index (χ3v) is 5.10. The molecule has 0 spiro atoms. The van der Waals surface area contributed by atoms with Gasteiger partial charge in [0.05, 0.1) is 0 Å². The van der Waals surface area contributed by atoms with Crippen molar-refractivity contribution in [1.82, 2.24) is 20.9 Å². The van der Waals surface area contributed by atoms with Crippen LogP contribution in [0.3, 0.4) is 0 Å². The number of carbonyl (C=O) groups excluding carboxylic acids is 1. The Labute approximate surface area is 187 Å². The molecule has 3 N–H and O–H groups in total. The zero-order valence-corrected chi connectivity index (χ0v) is 19.8. The highest BCUT2D eigenvalue weighted by molar-refractivity contribution is 14.0. The van der Waals surface area contributed by atoms with Gasteiger partial charge >= 0.3 is 0 Å². The molecule has 1 saturated heterocycles. The summed E-state index contributed by atoms with van der Waals surface area (Å²) >= 11 is 0. The van der Waals surface area contributed by atoms with E-state index in [1.54, 1.807) is 7.05 Å². The van der Waals surface area contributed by atoms with Crippen molar-refractivity contribution in [2.24, 2.45) is 4.99 Å². The number of nitrogens with one attached hydrogen (secondary N) is 3. The summed E-state index contributed by atoms with van der Waals surface area (Å²) in [6.07, 6.45) is 4.33. The molecular weight excluding hydrogens is 465 g/mol. The minimum Gasteiger partial charge on any atom is -0.356 e. The highest BCUT2D eigenvalue weighted by Gasteiger charge is 2.27. The molecule has 1 aliphatic rings. The van der Waals surface area contributed by atoms with Gasteiger partial charge in [-0.25, -0.2) is 0 Å². The van der Waals surface area contributed by atoms with Gasteiger partial charge in [0, 0.05) is 38.6 Å². The molecule has 0 saturated carbocycles. The number of benzene rings is 1. The number of hydrogen-bond acceptors (Lipinski definition) is 3. The Hall–Kier alpha value is -1.35. The predicted octanol–water partition coefficient (Wildman–Crippen LogP) is 2.74. The van der Waals surface area contributed by atoms with Gasteiger partial charge in [0.2, 0.25) is 5.91 Å². The highest BCUT2D eigenvalue weighted by Crippen LogP contribution is 2.19. The zero-order valence-electron chi connectivity index (χ0n) is 17.5. The number of guanidine groups is 1. The number of amides is 1. The molecule has 0 aromatic heterocycles. The molecule has 0 atom stereocenters. The van der Waals surface area contributed by atoms with E-state index in [1.807, 2.05) is 30.3 Å². The summed E-state index contributed by atoms with van der Waals surface area (Å²) in [5.74, 6) is 0.784. The van der Waals surface area contributed by atoms with Crippen LogP contribution in [0.15, 0.2) is 35.3 Å². The van der Waals surface area contributed by atoms with Gasteiger partial charge in [0.15, 0.2) is 5.96 Å². The van der Waals surface area contributed by atoms with E-state index in [0.717, 1.165) is 18.1 Å². The van der Waals surface area contributed by atoms with E-state index < -0.39 is 0 Å². The van der Waals surface area contributed by atoms with Crippen LogP contribution in [0.5, 0.6) is 0 Å².